The van der Waals surface area contributed by atoms with Crippen molar-refractivity contribution in [2.75, 3.05) is 0 Å². The molecule has 1 aliphatic heterocycles. The first-order valence-corrected chi connectivity index (χ1v) is 6.84. The number of epoxide rings is 1. The summed E-state index contributed by atoms with van der Waals surface area (Å²) in [6.45, 7) is 3.88. The lowest BCUT2D eigenvalue weighted by Gasteiger charge is -2.12. The topological polar surface area (TPSA) is 53.0 Å². The van der Waals surface area contributed by atoms with Gasteiger partial charge in [0.05, 0.1) is 0 Å². The van der Waals surface area contributed by atoms with Gasteiger partial charge in [0, 0.05) is 5.56 Å². The quantitative estimate of drug-likeness (QED) is 0.828. The molecule has 0 radical (unpaired) electrons. The molecule has 1 aliphatic rings. The van der Waals surface area contributed by atoms with Crippen molar-refractivity contribution in [3.05, 3.63) is 59.2 Å². The highest BCUT2D eigenvalue weighted by Gasteiger charge is 2.42. The maximum absolute atomic E-state index is 10.1. The van der Waals surface area contributed by atoms with Crippen molar-refractivity contribution in [2.45, 2.75) is 32.0 Å². The zero-order valence-electron chi connectivity index (χ0n) is 11.6. The standard InChI is InChI=1S/C17H18O3/c1-10(2)15-13(18)8-12(9-14(15)19)17-16(20-17)11-6-4-3-5-7-11/h3-10,16-19H,1-2H3. The van der Waals surface area contributed by atoms with Gasteiger partial charge in [0.25, 0.3) is 0 Å². The summed E-state index contributed by atoms with van der Waals surface area (Å²) in [5.41, 5.74) is 2.52. The van der Waals surface area contributed by atoms with Gasteiger partial charge in [-0.25, -0.2) is 0 Å². The third kappa shape index (κ3) is 2.25. The second-order valence-electron chi connectivity index (χ2n) is 5.52. The first-order valence-electron chi connectivity index (χ1n) is 6.84. The predicted octanol–water partition coefficient (Wildman–Crippen LogP) is 4.03. The van der Waals surface area contributed by atoms with Crippen molar-refractivity contribution in [3.8, 4) is 11.5 Å². The number of rotatable bonds is 3. The Morgan fingerprint density at radius 1 is 0.900 bits per heavy atom. The molecule has 1 saturated heterocycles. The molecule has 2 aromatic rings. The minimum Gasteiger partial charge on any atom is -0.508 e. The van der Waals surface area contributed by atoms with Crippen molar-refractivity contribution in [1.82, 2.24) is 0 Å². The zero-order valence-corrected chi connectivity index (χ0v) is 11.6. The van der Waals surface area contributed by atoms with Gasteiger partial charge in [-0.05, 0) is 29.2 Å². The summed E-state index contributed by atoms with van der Waals surface area (Å²) in [4.78, 5) is 0. The normalized spacial score (nSPS) is 21.1. The second-order valence-corrected chi connectivity index (χ2v) is 5.52. The molecule has 0 saturated carbocycles. The molecule has 20 heavy (non-hydrogen) atoms. The third-order valence-electron chi connectivity index (χ3n) is 3.68. The van der Waals surface area contributed by atoms with Gasteiger partial charge in [-0.3, -0.25) is 0 Å². The second kappa shape index (κ2) is 4.84. The molecule has 3 nitrogen and oxygen atoms in total. The number of hydrogen-bond acceptors (Lipinski definition) is 3. The van der Waals surface area contributed by atoms with Crippen LogP contribution in [0.1, 0.15) is 48.7 Å². The Morgan fingerprint density at radius 2 is 1.45 bits per heavy atom. The van der Waals surface area contributed by atoms with Gasteiger partial charge in [-0.1, -0.05) is 44.2 Å². The maximum atomic E-state index is 10.1. The summed E-state index contributed by atoms with van der Waals surface area (Å²) in [6, 6.07) is 13.4. The van der Waals surface area contributed by atoms with Gasteiger partial charge in [0.1, 0.15) is 23.7 Å². The molecule has 1 fully saturated rings. The van der Waals surface area contributed by atoms with Crippen LogP contribution in [-0.4, -0.2) is 10.2 Å². The van der Waals surface area contributed by atoms with Crippen LogP contribution in [-0.2, 0) is 4.74 Å². The first kappa shape index (κ1) is 13.0. The Hall–Kier alpha value is -2.00. The fourth-order valence-electron chi connectivity index (χ4n) is 2.66. The van der Waals surface area contributed by atoms with Gasteiger partial charge >= 0.3 is 0 Å². The van der Waals surface area contributed by atoms with Crippen LogP contribution in [0, 0.1) is 0 Å². The summed E-state index contributed by atoms with van der Waals surface area (Å²) in [6.07, 6.45) is -0.0738. The Bertz CT molecular complexity index is 596. The van der Waals surface area contributed by atoms with E-state index in [1.807, 2.05) is 44.2 Å². The molecule has 2 aromatic carbocycles. The van der Waals surface area contributed by atoms with Crippen LogP contribution >= 0.6 is 0 Å². The predicted molar refractivity (Wildman–Crippen MR) is 76.9 cm³/mol. The lowest BCUT2D eigenvalue weighted by Crippen LogP contribution is -1.92. The molecular formula is C17H18O3. The Kier molecular flexibility index (Phi) is 3.14. The van der Waals surface area contributed by atoms with E-state index < -0.39 is 0 Å². The Labute approximate surface area is 118 Å². The molecule has 3 heteroatoms. The van der Waals surface area contributed by atoms with Crippen LogP contribution in [0.25, 0.3) is 0 Å². The fraction of sp³-hybridized carbons (Fsp3) is 0.294. The van der Waals surface area contributed by atoms with Crippen molar-refractivity contribution in [1.29, 1.82) is 0 Å². The summed E-state index contributed by atoms with van der Waals surface area (Å²) < 4.78 is 5.68. The number of phenols is 2. The Balaban J connectivity index is 1.87. The smallest absolute Gasteiger partial charge is 0.123 e. The highest BCUT2D eigenvalue weighted by molar-refractivity contribution is 5.50. The summed E-state index contributed by atoms with van der Waals surface area (Å²) >= 11 is 0. The molecule has 0 amide bonds. The number of benzene rings is 2. The van der Waals surface area contributed by atoms with E-state index in [4.69, 9.17) is 4.74 Å². The lowest BCUT2D eigenvalue weighted by atomic mass is 9.96. The van der Waals surface area contributed by atoms with Gasteiger partial charge in [0.15, 0.2) is 0 Å². The van der Waals surface area contributed by atoms with E-state index >= 15 is 0 Å². The highest BCUT2D eigenvalue weighted by atomic mass is 16.6. The Morgan fingerprint density at radius 3 is 2.00 bits per heavy atom. The SMILES string of the molecule is CC(C)c1c(O)cc(C2OC2c2ccccc2)cc1O. The zero-order chi connectivity index (χ0) is 14.3. The molecular weight excluding hydrogens is 252 g/mol. The van der Waals surface area contributed by atoms with Crippen LogP contribution < -0.4 is 0 Å². The van der Waals surface area contributed by atoms with Gasteiger partial charge in [-0.15, -0.1) is 0 Å². The first-order chi connectivity index (χ1) is 9.58. The third-order valence-corrected chi connectivity index (χ3v) is 3.68. The maximum Gasteiger partial charge on any atom is 0.123 e. The minimum atomic E-state index is -0.0876. The van der Waals surface area contributed by atoms with Crippen molar-refractivity contribution >= 4 is 0 Å². The van der Waals surface area contributed by atoms with Gasteiger partial charge in [0.2, 0.25) is 0 Å². The molecule has 3 rings (SSSR count). The number of phenolic OH excluding ortho intramolecular Hbond substituents is 2. The van der Waals surface area contributed by atoms with E-state index in [9.17, 15) is 10.2 Å². The minimum absolute atomic E-state index is 0.0138. The van der Waals surface area contributed by atoms with Crippen molar-refractivity contribution in [2.24, 2.45) is 0 Å². The lowest BCUT2D eigenvalue weighted by molar-refractivity contribution is 0.375. The molecule has 2 unspecified atom stereocenters. The number of aromatic hydroxyl groups is 2. The van der Waals surface area contributed by atoms with Crippen LogP contribution in [0.4, 0.5) is 0 Å². The van der Waals surface area contributed by atoms with E-state index in [1.54, 1.807) is 12.1 Å². The fourth-order valence-corrected chi connectivity index (χ4v) is 2.66. The molecule has 1 heterocycles. The highest BCUT2D eigenvalue weighted by Crippen LogP contribution is 2.52. The molecule has 2 atom stereocenters. The molecule has 104 valence electrons. The summed E-state index contributed by atoms with van der Waals surface area (Å²) in [7, 11) is 0. The monoisotopic (exact) mass is 270 g/mol. The molecule has 0 aromatic heterocycles. The van der Waals surface area contributed by atoms with Crippen LogP contribution in [0.5, 0.6) is 11.5 Å². The molecule has 2 N–H and O–H groups in total. The molecule has 0 aliphatic carbocycles. The van der Waals surface area contributed by atoms with E-state index in [0.717, 1.165) is 11.1 Å². The average molecular weight is 270 g/mol. The number of ether oxygens (including phenoxy) is 1. The van der Waals surface area contributed by atoms with E-state index in [2.05, 4.69) is 0 Å². The van der Waals surface area contributed by atoms with E-state index in [-0.39, 0.29) is 29.6 Å². The summed E-state index contributed by atoms with van der Waals surface area (Å²) in [5, 5.41) is 20.1. The van der Waals surface area contributed by atoms with E-state index in [0.29, 0.717) is 5.56 Å². The van der Waals surface area contributed by atoms with Crippen LogP contribution in [0.2, 0.25) is 0 Å². The molecule has 0 spiro atoms. The van der Waals surface area contributed by atoms with Crippen molar-refractivity contribution < 1.29 is 14.9 Å². The summed E-state index contributed by atoms with van der Waals surface area (Å²) in [5.74, 6) is 0.351. The van der Waals surface area contributed by atoms with Gasteiger partial charge < -0.3 is 14.9 Å². The van der Waals surface area contributed by atoms with Crippen molar-refractivity contribution in [3.63, 3.8) is 0 Å². The van der Waals surface area contributed by atoms with Crippen LogP contribution in [0.3, 0.4) is 0 Å². The van der Waals surface area contributed by atoms with Crippen LogP contribution in [0.15, 0.2) is 42.5 Å². The van der Waals surface area contributed by atoms with Gasteiger partial charge in [-0.2, -0.15) is 0 Å². The average Bonchev–Trinajstić information content (AvgIpc) is 3.18. The molecule has 0 bridgehead atoms. The largest absolute Gasteiger partial charge is 0.508 e. The van der Waals surface area contributed by atoms with E-state index in [1.165, 1.54) is 0 Å². The number of hydrogen-bond donors (Lipinski definition) is 2.